The quantitative estimate of drug-likeness (QED) is 0.353. The minimum Gasteiger partial charge on any atom is -0.444 e. The number of carbonyl (C=O) groups excluding carboxylic acids is 1. The highest BCUT2D eigenvalue weighted by Gasteiger charge is 2.27. The Morgan fingerprint density at radius 3 is 2.72 bits per heavy atom. The molecular weight excluding hydrogens is 490 g/mol. The summed E-state index contributed by atoms with van der Waals surface area (Å²) in [4.78, 5) is 18.4. The Labute approximate surface area is 189 Å². The van der Waals surface area contributed by atoms with Gasteiger partial charge in [0.05, 0.1) is 12.6 Å². The molecule has 0 saturated carbocycles. The van der Waals surface area contributed by atoms with Crippen LogP contribution in [0.5, 0.6) is 0 Å². The van der Waals surface area contributed by atoms with Crippen LogP contribution >= 0.6 is 24.0 Å². The van der Waals surface area contributed by atoms with Crippen molar-refractivity contribution in [2.75, 3.05) is 27.2 Å². The van der Waals surface area contributed by atoms with Gasteiger partial charge in [0, 0.05) is 39.4 Å². The van der Waals surface area contributed by atoms with E-state index in [9.17, 15) is 9.18 Å². The number of alkyl carbamates (subject to hydrolysis) is 1. The molecule has 1 aromatic carbocycles. The van der Waals surface area contributed by atoms with Crippen LogP contribution in [0, 0.1) is 5.82 Å². The van der Waals surface area contributed by atoms with Crippen LogP contribution in [0.1, 0.15) is 38.3 Å². The van der Waals surface area contributed by atoms with Crippen LogP contribution in [0.2, 0.25) is 0 Å². The molecule has 0 bridgehead atoms. The van der Waals surface area contributed by atoms with E-state index in [1.165, 1.54) is 6.07 Å². The molecule has 1 aliphatic heterocycles. The van der Waals surface area contributed by atoms with Crippen molar-refractivity contribution in [1.29, 1.82) is 0 Å². The fourth-order valence-corrected chi connectivity index (χ4v) is 3.06. The lowest BCUT2D eigenvalue weighted by molar-refractivity contribution is 0.0507. The van der Waals surface area contributed by atoms with Gasteiger partial charge in [-0.25, -0.2) is 9.18 Å². The summed E-state index contributed by atoms with van der Waals surface area (Å²) < 4.78 is 24.1. The predicted octanol–water partition coefficient (Wildman–Crippen LogP) is 3.26. The standard InChI is InChI=1S/C20H31FN4O3.HI/c1-20(2,3)28-19(26)24-16-8-9-25(12-16)18(22-4)23-11-14-6-7-17(21)15(10-14)13-27-5;/h6-7,10,16H,8-9,11-13H2,1-5H3,(H,22,23)(H,24,26);1H. The first-order chi connectivity index (χ1) is 13.2. The maximum atomic E-state index is 13.7. The number of hydrogen-bond donors (Lipinski definition) is 2. The lowest BCUT2D eigenvalue weighted by Gasteiger charge is -2.23. The molecule has 1 aliphatic rings. The second-order valence-corrected chi connectivity index (χ2v) is 7.84. The lowest BCUT2D eigenvalue weighted by Crippen LogP contribution is -2.44. The van der Waals surface area contributed by atoms with E-state index < -0.39 is 11.7 Å². The number of hydrogen-bond acceptors (Lipinski definition) is 4. The van der Waals surface area contributed by atoms with Crippen molar-refractivity contribution in [2.45, 2.75) is 52.0 Å². The predicted molar refractivity (Wildman–Crippen MR) is 122 cm³/mol. The highest BCUT2D eigenvalue weighted by molar-refractivity contribution is 14.0. The zero-order valence-electron chi connectivity index (χ0n) is 17.8. The van der Waals surface area contributed by atoms with Gasteiger partial charge in [-0.3, -0.25) is 4.99 Å². The van der Waals surface area contributed by atoms with Gasteiger partial charge in [0.15, 0.2) is 5.96 Å². The van der Waals surface area contributed by atoms with Gasteiger partial charge >= 0.3 is 6.09 Å². The zero-order valence-corrected chi connectivity index (χ0v) is 20.1. The number of methoxy groups -OCH3 is 1. The normalized spacial score (nSPS) is 17.0. The third kappa shape index (κ3) is 8.33. The van der Waals surface area contributed by atoms with E-state index in [-0.39, 0.29) is 42.4 Å². The molecule has 9 heteroatoms. The maximum Gasteiger partial charge on any atom is 0.407 e. The first-order valence-electron chi connectivity index (χ1n) is 9.43. The van der Waals surface area contributed by atoms with Crippen molar-refractivity contribution < 1.29 is 18.7 Å². The minimum absolute atomic E-state index is 0. The van der Waals surface area contributed by atoms with Gasteiger partial charge in [0.25, 0.3) is 0 Å². The van der Waals surface area contributed by atoms with Crippen LogP contribution in [0.25, 0.3) is 0 Å². The molecule has 164 valence electrons. The van der Waals surface area contributed by atoms with Crippen molar-refractivity contribution >= 4 is 36.0 Å². The summed E-state index contributed by atoms with van der Waals surface area (Å²) in [7, 11) is 3.26. The molecule has 1 heterocycles. The number of likely N-dealkylation sites (tertiary alicyclic amines) is 1. The monoisotopic (exact) mass is 522 g/mol. The van der Waals surface area contributed by atoms with Gasteiger partial charge in [-0.15, -0.1) is 24.0 Å². The largest absolute Gasteiger partial charge is 0.444 e. The smallest absolute Gasteiger partial charge is 0.407 e. The highest BCUT2D eigenvalue weighted by Crippen LogP contribution is 2.14. The summed E-state index contributed by atoms with van der Waals surface area (Å²) in [5, 5.41) is 6.20. The van der Waals surface area contributed by atoms with E-state index in [1.807, 2.05) is 20.8 Å². The molecule has 1 unspecified atom stereocenters. The molecule has 2 rings (SSSR count). The molecule has 0 aromatic heterocycles. The Morgan fingerprint density at radius 1 is 1.38 bits per heavy atom. The Bertz CT molecular complexity index is 709. The van der Waals surface area contributed by atoms with E-state index in [4.69, 9.17) is 9.47 Å². The number of carbonyl (C=O) groups is 1. The van der Waals surface area contributed by atoms with E-state index >= 15 is 0 Å². The Hall–Kier alpha value is -1.62. The summed E-state index contributed by atoms with van der Waals surface area (Å²) in [5.41, 5.74) is 0.952. The number of rotatable bonds is 5. The number of halogens is 2. The van der Waals surface area contributed by atoms with Crippen LogP contribution < -0.4 is 10.6 Å². The summed E-state index contributed by atoms with van der Waals surface area (Å²) in [5.74, 6) is 0.469. The van der Waals surface area contributed by atoms with E-state index in [2.05, 4.69) is 20.5 Å². The van der Waals surface area contributed by atoms with Gasteiger partial charge in [-0.05, 0) is 44.9 Å². The highest BCUT2D eigenvalue weighted by atomic mass is 127. The van der Waals surface area contributed by atoms with Crippen LogP contribution in [0.15, 0.2) is 23.2 Å². The molecule has 1 aromatic rings. The summed E-state index contributed by atoms with van der Waals surface area (Å²) >= 11 is 0. The van der Waals surface area contributed by atoms with Crippen LogP contribution in [-0.4, -0.2) is 55.8 Å². The van der Waals surface area contributed by atoms with E-state index in [0.717, 1.165) is 24.5 Å². The first-order valence-corrected chi connectivity index (χ1v) is 9.43. The Balaban J connectivity index is 0.00000420. The van der Waals surface area contributed by atoms with Crippen LogP contribution in [0.4, 0.5) is 9.18 Å². The van der Waals surface area contributed by atoms with E-state index in [0.29, 0.717) is 18.7 Å². The fourth-order valence-electron chi connectivity index (χ4n) is 3.06. The molecule has 0 radical (unpaired) electrons. The van der Waals surface area contributed by atoms with Gasteiger partial charge in [0.1, 0.15) is 11.4 Å². The van der Waals surface area contributed by atoms with Crippen molar-refractivity contribution in [3.05, 3.63) is 35.1 Å². The lowest BCUT2D eigenvalue weighted by atomic mass is 10.1. The van der Waals surface area contributed by atoms with Gasteiger partial charge in [0.2, 0.25) is 0 Å². The number of aliphatic imine (C=N–C) groups is 1. The van der Waals surface area contributed by atoms with Gasteiger partial charge < -0.3 is 25.0 Å². The molecule has 0 aliphatic carbocycles. The van der Waals surface area contributed by atoms with Crippen LogP contribution in [-0.2, 0) is 22.6 Å². The zero-order chi connectivity index (χ0) is 20.7. The molecule has 7 nitrogen and oxygen atoms in total. The van der Waals surface area contributed by atoms with E-state index in [1.54, 1.807) is 26.3 Å². The molecule has 1 amide bonds. The number of guanidine groups is 1. The number of nitrogens with zero attached hydrogens (tertiary/aromatic N) is 2. The Morgan fingerprint density at radius 2 is 2.10 bits per heavy atom. The molecule has 1 saturated heterocycles. The molecule has 1 atom stereocenters. The Kier molecular flexibility index (Phi) is 10.1. The molecule has 1 fully saturated rings. The summed E-state index contributed by atoms with van der Waals surface area (Å²) in [6, 6.07) is 4.99. The number of nitrogens with one attached hydrogen (secondary N) is 2. The molecule has 29 heavy (non-hydrogen) atoms. The third-order valence-electron chi connectivity index (χ3n) is 4.28. The van der Waals surface area contributed by atoms with Crippen molar-refractivity contribution in [2.24, 2.45) is 4.99 Å². The van der Waals surface area contributed by atoms with Crippen LogP contribution in [0.3, 0.4) is 0 Å². The van der Waals surface area contributed by atoms with Gasteiger partial charge in [-0.2, -0.15) is 0 Å². The minimum atomic E-state index is -0.517. The average Bonchev–Trinajstić information content (AvgIpc) is 3.04. The summed E-state index contributed by atoms with van der Waals surface area (Å²) in [6.45, 7) is 7.70. The second kappa shape index (κ2) is 11.5. The topological polar surface area (TPSA) is 75.2 Å². The van der Waals surface area contributed by atoms with Crippen molar-refractivity contribution in [3.8, 4) is 0 Å². The van der Waals surface area contributed by atoms with Crippen molar-refractivity contribution in [1.82, 2.24) is 15.5 Å². The summed E-state index contributed by atoms with van der Waals surface area (Å²) in [6.07, 6.45) is 0.411. The van der Waals surface area contributed by atoms with Gasteiger partial charge in [-0.1, -0.05) is 6.07 Å². The van der Waals surface area contributed by atoms with Crippen molar-refractivity contribution in [3.63, 3.8) is 0 Å². The molecular formula is C20H32FIN4O3. The second-order valence-electron chi connectivity index (χ2n) is 7.84. The third-order valence-corrected chi connectivity index (χ3v) is 4.28. The number of amides is 1. The number of ether oxygens (including phenoxy) is 2. The SMILES string of the molecule is CN=C(NCc1ccc(F)c(COC)c1)N1CCC(NC(=O)OC(C)(C)C)C1.I. The first kappa shape index (κ1) is 25.4. The number of benzene rings is 1. The maximum absolute atomic E-state index is 13.7. The average molecular weight is 522 g/mol. The molecule has 2 N–H and O–H groups in total. The molecule has 0 spiro atoms. The fraction of sp³-hybridized carbons (Fsp3) is 0.600.